The molecule has 2 aliphatic rings. The zero-order chi connectivity index (χ0) is 26.5. The fourth-order valence-electron chi connectivity index (χ4n) is 5.06. The number of rotatable bonds is 5. The van der Waals surface area contributed by atoms with Crippen molar-refractivity contribution in [2.24, 2.45) is 0 Å². The van der Waals surface area contributed by atoms with Crippen LogP contribution >= 0.6 is 11.3 Å². The van der Waals surface area contributed by atoms with Crippen LogP contribution in [-0.4, -0.2) is 64.5 Å². The Hall–Kier alpha value is -2.86. The Morgan fingerprint density at radius 1 is 1.22 bits per heavy atom. The number of amides is 1. The second-order valence-corrected chi connectivity index (χ2v) is 11.2. The maximum atomic E-state index is 13.8. The van der Waals surface area contributed by atoms with E-state index in [4.69, 9.17) is 13.9 Å². The van der Waals surface area contributed by atoms with Crippen molar-refractivity contribution in [1.29, 1.82) is 0 Å². The van der Waals surface area contributed by atoms with Crippen molar-refractivity contribution >= 4 is 34.5 Å². The van der Waals surface area contributed by atoms with Gasteiger partial charge >= 0.3 is 12.3 Å². The Balaban J connectivity index is 1.49. The molecule has 37 heavy (non-hydrogen) atoms. The highest BCUT2D eigenvalue weighted by atomic mass is 32.1. The highest BCUT2D eigenvalue weighted by Gasteiger charge is 2.46. The van der Waals surface area contributed by atoms with Gasteiger partial charge < -0.3 is 18.8 Å². The highest BCUT2D eigenvalue weighted by molar-refractivity contribution is 7.13. The van der Waals surface area contributed by atoms with Crippen LogP contribution in [0.5, 0.6) is 0 Å². The summed E-state index contributed by atoms with van der Waals surface area (Å²) in [5.41, 5.74) is 0.460. The SMILES string of the molecule is CCOC(c1cc(-c2nccs2)c2oc(N3CC4CCC(C3)N4C(=O)OC(C)(C)C)nc2c1)C(F)(F)F. The van der Waals surface area contributed by atoms with Crippen molar-refractivity contribution in [1.82, 2.24) is 14.9 Å². The minimum Gasteiger partial charge on any atom is -0.444 e. The summed E-state index contributed by atoms with van der Waals surface area (Å²) in [4.78, 5) is 25.5. The van der Waals surface area contributed by atoms with Crippen LogP contribution in [0.1, 0.15) is 52.2 Å². The van der Waals surface area contributed by atoms with Crippen LogP contribution in [0.2, 0.25) is 0 Å². The summed E-state index contributed by atoms with van der Waals surface area (Å²) < 4.78 is 58.3. The molecule has 3 unspecified atom stereocenters. The molecule has 0 spiro atoms. The largest absolute Gasteiger partial charge is 0.444 e. The minimum absolute atomic E-state index is 0.0540. The average molecular weight is 539 g/mol. The van der Waals surface area contributed by atoms with E-state index in [2.05, 4.69) is 9.97 Å². The highest BCUT2D eigenvalue weighted by Crippen LogP contribution is 2.42. The van der Waals surface area contributed by atoms with E-state index in [0.29, 0.717) is 40.8 Å². The standard InChI is InChI=1S/C25H29F3N4O4S/c1-5-34-20(25(26,27)28)14-10-17(21-29-8-9-37-21)19-18(11-14)30-22(35-19)31-12-15-6-7-16(13-31)32(15)23(33)36-24(2,3)4/h8-11,15-16,20H,5-7,12-13H2,1-4H3. The molecule has 200 valence electrons. The monoisotopic (exact) mass is 538 g/mol. The Labute approximate surface area is 216 Å². The molecule has 2 fully saturated rings. The number of benzene rings is 1. The molecule has 5 rings (SSSR count). The third-order valence-electron chi connectivity index (χ3n) is 6.45. The zero-order valence-electron chi connectivity index (χ0n) is 21.0. The summed E-state index contributed by atoms with van der Waals surface area (Å²) in [5, 5.41) is 2.28. The molecular formula is C25H29F3N4O4S. The molecule has 1 aromatic carbocycles. The van der Waals surface area contributed by atoms with Crippen LogP contribution in [0.25, 0.3) is 21.7 Å². The fourth-order valence-corrected chi connectivity index (χ4v) is 5.71. The van der Waals surface area contributed by atoms with Gasteiger partial charge in [-0.1, -0.05) is 0 Å². The first kappa shape index (κ1) is 25.8. The number of ether oxygens (including phenoxy) is 2. The van der Waals surface area contributed by atoms with Gasteiger partial charge in [0.15, 0.2) is 11.7 Å². The summed E-state index contributed by atoms with van der Waals surface area (Å²) in [7, 11) is 0. The summed E-state index contributed by atoms with van der Waals surface area (Å²) in [6.07, 6.45) is -3.76. The first-order valence-corrected chi connectivity index (χ1v) is 13.1. The number of aromatic nitrogens is 2. The molecule has 0 radical (unpaired) electrons. The molecule has 0 N–H and O–H groups in total. The van der Waals surface area contributed by atoms with E-state index in [-0.39, 0.29) is 30.3 Å². The van der Waals surface area contributed by atoms with E-state index in [1.165, 1.54) is 30.4 Å². The summed E-state index contributed by atoms with van der Waals surface area (Å²) in [6, 6.07) is 2.98. The predicted molar refractivity (Wildman–Crippen MR) is 133 cm³/mol. The molecule has 12 heteroatoms. The minimum atomic E-state index is -4.59. The van der Waals surface area contributed by atoms with Crippen molar-refractivity contribution in [3.05, 3.63) is 29.3 Å². The maximum Gasteiger partial charge on any atom is 0.418 e. The predicted octanol–water partition coefficient (Wildman–Crippen LogP) is 6.18. The van der Waals surface area contributed by atoms with E-state index in [1.54, 1.807) is 16.5 Å². The summed E-state index contributed by atoms with van der Waals surface area (Å²) in [6.45, 7) is 7.93. The first-order valence-electron chi connectivity index (χ1n) is 12.2. The average Bonchev–Trinajstić information content (AvgIpc) is 3.53. The number of hydrogen-bond acceptors (Lipinski definition) is 8. The number of thiazole rings is 1. The quantitative estimate of drug-likeness (QED) is 0.384. The lowest BCUT2D eigenvalue weighted by molar-refractivity contribution is -0.222. The van der Waals surface area contributed by atoms with Crippen molar-refractivity contribution < 1.29 is 31.9 Å². The lowest BCUT2D eigenvalue weighted by Crippen LogP contribution is -2.56. The van der Waals surface area contributed by atoms with Gasteiger partial charge in [-0.2, -0.15) is 18.2 Å². The van der Waals surface area contributed by atoms with Gasteiger partial charge in [0, 0.05) is 31.3 Å². The number of carbonyl (C=O) groups excluding carboxylic acids is 1. The second-order valence-electron chi connectivity index (χ2n) is 10.3. The normalized spacial score (nSPS) is 21.1. The third-order valence-corrected chi connectivity index (χ3v) is 7.26. The molecule has 2 saturated heterocycles. The molecule has 2 aromatic heterocycles. The van der Waals surface area contributed by atoms with Crippen molar-refractivity contribution in [3.8, 4) is 10.6 Å². The molecule has 4 heterocycles. The topological polar surface area (TPSA) is 80.9 Å². The van der Waals surface area contributed by atoms with Crippen LogP contribution in [0, 0.1) is 0 Å². The molecular weight excluding hydrogens is 509 g/mol. The molecule has 3 atom stereocenters. The van der Waals surface area contributed by atoms with Crippen LogP contribution < -0.4 is 4.90 Å². The zero-order valence-corrected chi connectivity index (χ0v) is 21.9. The summed E-state index contributed by atoms with van der Waals surface area (Å²) in [5.74, 6) is 0. The molecule has 2 aliphatic heterocycles. The molecule has 1 amide bonds. The van der Waals surface area contributed by atoms with E-state index < -0.39 is 17.9 Å². The Morgan fingerprint density at radius 2 is 1.92 bits per heavy atom. The van der Waals surface area contributed by atoms with Gasteiger partial charge in [-0.05, 0) is 58.2 Å². The molecule has 2 bridgehead atoms. The van der Waals surface area contributed by atoms with Crippen LogP contribution in [0.15, 0.2) is 28.1 Å². The molecule has 8 nitrogen and oxygen atoms in total. The number of carbonyl (C=O) groups is 1. The Bertz CT molecular complexity index is 1260. The van der Waals surface area contributed by atoms with Crippen LogP contribution in [0.4, 0.5) is 24.0 Å². The lowest BCUT2D eigenvalue weighted by Gasteiger charge is -2.40. The number of oxazole rings is 1. The number of fused-ring (bicyclic) bond motifs is 3. The Kier molecular flexibility index (Phi) is 6.59. The van der Waals surface area contributed by atoms with Gasteiger partial charge in [-0.25, -0.2) is 9.78 Å². The van der Waals surface area contributed by atoms with Crippen molar-refractivity contribution in [3.63, 3.8) is 0 Å². The number of hydrogen-bond donors (Lipinski definition) is 0. The maximum absolute atomic E-state index is 13.8. The number of anilines is 1. The van der Waals surface area contributed by atoms with Gasteiger partial charge in [0.25, 0.3) is 6.01 Å². The smallest absolute Gasteiger partial charge is 0.418 e. The van der Waals surface area contributed by atoms with Gasteiger partial charge in [0.05, 0.1) is 17.6 Å². The van der Waals surface area contributed by atoms with E-state index >= 15 is 0 Å². The number of piperazine rings is 1. The van der Waals surface area contributed by atoms with E-state index in [9.17, 15) is 18.0 Å². The van der Waals surface area contributed by atoms with E-state index in [1.807, 2.05) is 25.7 Å². The third kappa shape index (κ3) is 5.13. The van der Waals surface area contributed by atoms with E-state index in [0.717, 1.165) is 12.8 Å². The number of nitrogens with zero attached hydrogens (tertiary/aromatic N) is 4. The first-order chi connectivity index (χ1) is 17.4. The molecule has 0 aliphatic carbocycles. The summed E-state index contributed by atoms with van der Waals surface area (Å²) >= 11 is 1.30. The van der Waals surface area contributed by atoms with Gasteiger partial charge in [-0.3, -0.25) is 4.90 Å². The van der Waals surface area contributed by atoms with Gasteiger partial charge in [0.2, 0.25) is 0 Å². The van der Waals surface area contributed by atoms with Crippen molar-refractivity contribution in [2.75, 3.05) is 24.6 Å². The number of halogens is 3. The Morgan fingerprint density at radius 3 is 2.49 bits per heavy atom. The van der Waals surface area contributed by atoms with Crippen molar-refractivity contribution in [2.45, 2.75) is 70.5 Å². The van der Waals surface area contributed by atoms with Gasteiger partial charge in [0.1, 0.15) is 16.1 Å². The van der Waals surface area contributed by atoms with Gasteiger partial charge in [-0.15, -0.1) is 11.3 Å². The van der Waals surface area contributed by atoms with Crippen LogP contribution in [0.3, 0.4) is 0 Å². The second kappa shape index (κ2) is 9.46. The molecule has 0 saturated carbocycles. The molecule has 3 aromatic rings. The number of alkyl halides is 3. The fraction of sp³-hybridized carbons (Fsp3) is 0.560. The van der Waals surface area contributed by atoms with Crippen LogP contribution in [-0.2, 0) is 9.47 Å². The lowest BCUT2D eigenvalue weighted by atomic mass is 10.0.